The number of rotatable bonds is 10. The van der Waals surface area contributed by atoms with E-state index in [9.17, 15) is 10.2 Å². The van der Waals surface area contributed by atoms with Crippen molar-refractivity contribution in [3.63, 3.8) is 0 Å². The average Bonchev–Trinajstić information content (AvgIpc) is 2.64. The molecular weight excluding hydrogens is 320 g/mol. The molecule has 2 atom stereocenters. The summed E-state index contributed by atoms with van der Waals surface area (Å²) in [5.41, 5.74) is 2.52. The van der Waals surface area contributed by atoms with Gasteiger partial charge in [0.2, 0.25) is 0 Å². The van der Waals surface area contributed by atoms with E-state index >= 15 is 0 Å². The molecule has 0 aliphatic heterocycles. The molecule has 2 heteroatoms. The number of unbranched alkanes of at least 4 members (excludes halogenated alkanes) is 3. The molecule has 0 spiro atoms. The van der Waals surface area contributed by atoms with Gasteiger partial charge in [0.1, 0.15) is 5.75 Å². The van der Waals surface area contributed by atoms with Crippen molar-refractivity contribution in [2.45, 2.75) is 103 Å². The maximum absolute atomic E-state index is 10.8. The molecule has 0 aromatic heterocycles. The van der Waals surface area contributed by atoms with Gasteiger partial charge in [0.05, 0.1) is 0 Å². The number of phenols is 1. The lowest BCUT2D eigenvalue weighted by molar-refractivity contribution is 0.235. The predicted octanol–water partition coefficient (Wildman–Crippen LogP) is 6.69. The zero-order valence-corrected chi connectivity index (χ0v) is 17.3. The lowest BCUT2D eigenvalue weighted by atomic mass is 9.72. The van der Waals surface area contributed by atoms with Gasteiger partial charge >= 0.3 is 0 Å². The predicted molar refractivity (Wildman–Crippen MR) is 111 cm³/mol. The lowest BCUT2D eigenvalue weighted by Crippen LogP contribution is -2.20. The molecule has 1 fully saturated rings. The summed E-state index contributed by atoms with van der Waals surface area (Å²) in [4.78, 5) is 0. The van der Waals surface area contributed by atoms with Gasteiger partial charge in [-0.05, 0) is 66.5 Å². The lowest BCUT2D eigenvalue weighted by Gasteiger charge is -2.33. The van der Waals surface area contributed by atoms with E-state index in [1.165, 1.54) is 63.4 Å². The van der Waals surface area contributed by atoms with Crippen molar-refractivity contribution in [3.8, 4) is 5.75 Å². The van der Waals surface area contributed by atoms with Crippen LogP contribution in [0.15, 0.2) is 18.2 Å². The summed E-state index contributed by atoms with van der Waals surface area (Å²) in [7, 11) is 0. The number of benzene rings is 1. The van der Waals surface area contributed by atoms with Crippen LogP contribution in [-0.2, 0) is 5.41 Å². The van der Waals surface area contributed by atoms with Gasteiger partial charge in [-0.25, -0.2) is 0 Å². The van der Waals surface area contributed by atoms with Crippen LogP contribution in [0, 0.1) is 5.92 Å². The van der Waals surface area contributed by atoms with Crippen LogP contribution >= 0.6 is 0 Å². The zero-order chi connectivity index (χ0) is 19.0. The molecule has 0 bridgehead atoms. The minimum Gasteiger partial charge on any atom is -0.508 e. The molecule has 0 radical (unpaired) electrons. The Morgan fingerprint density at radius 3 is 2.50 bits per heavy atom. The summed E-state index contributed by atoms with van der Waals surface area (Å²) < 4.78 is 0. The minimum atomic E-state index is 0.118. The van der Waals surface area contributed by atoms with Crippen molar-refractivity contribution in [2.75, 3.05) is 6.61 Å². The van der Waals surface area contributed by atoms with Gasteiger partial charge in [-0.2, -0.15) is 0 Å². The standard InChI is InChI=1S/C24H40O2/c1-4-5-6-9-16-24(2,3)20-14-15-22(23(26)18-20)21-13-8-7-11-19(21)12-10-17-25/h14-15,18-19,21,25-26H,4-13,16-17H2,1-3H3/t19-,21+/m0/s1. The maximum atomic E-state index is 10.8. The Hall–Kier alpha value is -1.02. The number of aliphatic hydroxyl groups excluding tert-OH is 1. The van der Waals surface area contributed by atoms with Gasteiger partial charge in [-0.15, -0.1) is 0 Å². The van der Waals surface area contributed by atoms with Gasteiger partial charge in [-0.1, -0.05) is 71.4 Å². The Morgan fingerprint density at radius 2 is 1.81 bits per heavy atom. The van der Waals surface area contributed by atoms with E-state index in [2.05, 4.69) is 32.9 Å². The summed E-state index contributed by atoms with van der Waals surface area (Å²) in [6.45, 7) is 7.14. The fourth-order valence-electron chi connectivity index (χ4n) is 4.73. The molecule has 26 heavy (non-hydrogen) atoms. The summed E-state index contributed by atoms with van der Waals surface area (Å²) in [5, 5.41) is 20.0. The van der Waals surface area contributed by atoms with E-state index in [0.29, 0.717) is 17.6 Å². The average molecular weight is 361 g/mol. The molecule has 2 N–H and O–H groups in total. The second kappa shape index (κ2) is 10.3. The van der Waals surface area contributed by atoms with Crippen molar-refractivity contribution >= 4 is 0 Å². The molecule has 2 nitrogen and oxygen atoms in total. The molecule has 0 unspecified atom stereocenters. The van der Waals surface area contributed by atoms with Crippen LogP contribution in [-0.4, -0.2) is 16.8 Å². The molecule has 0 amide bonds. The number of aromatic hydroxyl groups is 1. The summed E-state index contributed by atoms with van der Waals surface area (Å²) in [5.74, 6) is 1.55. The molecule has 1 saturated carbocycles. The molecular formula is C24H40O2. The molecule has 1 aliphatic carbocycles. The second-order valence-electron chi connectivity index (χ2n) is 8.99. The monoisotopic (exact) mass is 360 g/mol. The van der Waals surface area contributed by atoms with E-state index < -0.39 is 0 Å². The van der Waals surface area contributed by atoms with E-state index in [-0.39, 0.29) is 12.0 Å². The number of aliphatic hydroxyl groups is 1. The van der Waals surface area contributed by atoms with E-state index in [0.717, 1.165) is 18.4 Å². The van der Waals surface area contributed by atoms with Crippen LogP contribution < -0.4 is 0 Å². The number of phenolic OH excluding ortho intramolecular Hbond substituents is 1. The Labute approximate surface area is 161 Å². The Bertz CT molecular complexity index is 535. The van der Waals surface area contributed by atoms with Crippen LogP contribution in [0.4, 0.5) is 0 Å². The Balaban J connectivity index is 2.09. The highest BCUT2D eigenvalue weighted by Gasteiger charge is 2.29. The molecule has 1 aliphatic rings. The highest BCUT2D eigenvalue weighted by Crippen LogP contribution is 2.44. The quantitative estimate of drug-likeness (QED) is 0.456. The van der Waals surface area contributed by atoms with Gasteiger partial charge in [0.25, 0.3) is 0 Å². The number of hydrogen-bond acceptors (Lipinski definition) is 2. The fourth-order valence-corrected chi connectivity index (χ4v) is 4.73. The molecule has 1 aromatic carbocycles. The SMILES string of the molecule is CCCCCCC(C)(C)c1ccc([C@@H]2CCCC[C@H]2CCCO)c(O)c1. The third-order valence-electron chi connectivity index (χ3n) is 6.51. The zero-order valence-electron chi connectivity index (χ0n) is 17.3. The highest BCUT2D eigenvalue weighted by molar-refractivity contribution is 5.41. The van der Waals surface area contributed by atoms with Crippen molar-refractivity contribution in [2.24, 2.45) is 5.92 Å². The maximum Gasteiger partial charge on any atom is 0.119 e. The fraction of sp³-hybridized carbons (Fsp3) is 0.750. The largest absolute Gasteiger partial charge is 0.508 e. The third kappa shape index (κ3) is 5.74. The van der Waals surface area contributed by atoms with Crippen LogP contribution in [0.25, 0.3) is 0 Å². The van der Waals surface area contributed by atoms with Crippen molar-refractivity contribution in [1.29, 1.82) is 0 Å². The van der Waals surface area contributed by atoms with Crippen LogP contribution in [0.1, 0.15) is 108 Å². The van der Waals surface area contributed by atoms with E-state index in [1.54, 1.807) is 0 Å². The second-order valence-corrected chi connectivity index (χ2v) is 8.99. The molecule has 0 saturated heterocycles. The van der Waals surface area contributed by atoms with Gasteiger partial charge in [-0.3, -0.25) is 0 Å². The first kappa shape index (κ1) is 21.3. The van der Waals surface area contributed by atoms with Gasteiger partial charge in [0.15, 0.2) is 0 Å². The Kier molecular flexibility index (Phi) is 8.47. The summed E-state index contributed by atoms with van der Waals surface area (Å²) >= 11 is 0. The normalized spacial score (nSPS) is 21.1. The third-order valence-corrected chi connectivity index (χ3v) is 6.51. The number of hydrogen-bond donors (Lipinski definition) is 2. The van der Waals surface area contributed by atoms with E-state index in [4.69, 9.17) is 0 Å². The van der Waals surface area contributed by atoms with E-state index in [1.807, 2.05) is 6.07 Å². The molecule has 2 rings (SSSR count). The first-order valence-corrected chi connectivity index (χ1v) is 10.9. The van der Waals surface area contributed by atoms with Gasteiger partial charge < -0.3 is 10.2 Å². The van der Waals surface area contributed by atoms with Crippen LogP contribution in [0.5, 0.6) is 5.75 Å². The van der Waals surface area contributed by atoms with Crippen LogP contribution in [0.3, 0.4) is 0 Å². The topological polar surface area (TPSA) is 40.5 Å². The smallest absolute Gasteiger partial charge is 0.119 e. The molecule has 1 aromatic rings. The molecule has 148 valence electrons. The van der Waals surface area contributed by atoms with Crippen molar-refractivity contribution in [1.82, 2.24) is 0 Å². The highest BCUT2D eigenvalue weighted by atomic mass is 16.3. The first-order chi connectivity index (χ1) is 12.5. The summed E-state index contributed by atoms with van der Waals surface area (Å²) in [6.07, 6.45) is 13.2. The van der Waals surface area contributed by atoms with Gasteiger partial charge in [0, 0.05) is 6.61 Å². The Morgan fingerprint density at radius 1 is 1.04 bits per heavy atom. The first-order valence-electron chi connectivity index (χ1n) is 10.9. The molecule has 0 heterocycles. The van der Waals surface area contributed by atoms with Crippen molar-refractivity contribution < 1.29 is 10.2 Å². The minimum absolute atomic E-state index is 0.118. The van der Waals surface area contributed by atoms with Crippen LogP contribution in [0.2, 0.25) is 0 Å². The summed E-state index contributed by atoms with van der Waals surface area (Å²) in [6, 6.07) is 6.49. The van der Waals surface area contributed by atoms with Crippen molar-refractivity contribution in [3.05, 3.63) is 29.3 Å².